The molecule has 1 heterocycles. The predicted octanol–water partition coefficient (Wildman–Crippen LogP) is 2.80. The molecule has 1 aromatic heterocycles. The van der Waals surface area contributed by atoms with Crippen LogP contribution in [0.4, 0.5) is 0 Å². The zero-order chi connectivity index (χ0) is 8.97. The van der Waals surface area contributed by atoms with E-state index < -0.39 is 0 Å². The van der Waals surface area contributed by atoms with E-state index in [2.05, 4.69) is 24.6 Å². The molecule has 0 amide bonds. The Kier molecular flexibility index (Phi) is 2.86. The number of rotatable bonds is 3. The van der Waals surface area contributed by atoms with Gasteiger partial charge in [-0.1, -0.05) is 19.6 Å². The highest BCUT2D eigenvalue weighted by atomic mass is 15.0. The van der Waals surface area contributed by atoms with Gasteiger partial charge in [0, 0.05) is 18.6 Å². The predicted molar refractivity (Wildman–Crippen MR) is 52.6 cm³/mol. The molecule has 2 heteroatoms. The van der Waals surface area contributed by atoms with Gasteiger partial charge in [0.2, 0.25) is 0 Å². The Morgan fingerprint density at radius 3 is 3.00 bits per heavy atom. The van der Waals surface area contributed by atoms with Gasteiger partial charge < -0.3 is 4.57 Å². The number of hydrogen-bond acceptors (Lipinski definition) is 1. The standard InChI is InChI=1S/C10H14N2/c1-4-9(5-2)10-11-7-8-12(10)6-3/h4,6-8H,3,5H2,1-2H3/b9-4-. The third kappa shape index (κ3) is 1.47. The lowest BCUT2D eigenvalue weighted by Crippen LogP contribution is -1.93. The first kappa shape index (κ1) is 8.78. The van der Waals surface area contributed by atoms with Crippen molar-refractivity contribution < 1.29 is 0 Å². The van der Waals surface area contributed by atoms with Crippen molar-refractivity contribution in [3.05, 3.63) is 30.9 Å². The summed E-state index contributed by atoms with van der Waals surface area (Å²) in [6.07, 6.45) is 8.54. The molecule has 12 heavy (non-hydrogen) atoms. The van der Waals surface area contributed by atoms with E-state index >= 15 is 0 Å². The van der Waals surface area contributed by atoms with Crippen molar-refractivity contribution in [3.8, 4) is 0 Å². The van der Waals surface area contributed by atoms with Gasteiger partial charge in [-0.25, -0.2) is 4.98 Å². The molecule has 64 valence electrons. The van der Waals surface area contributed by atoms with Crippen LogP contribution in [-0.2, 0) is 0 Å². The van der Waals surface area contributed by atoms with Crippen molar-refractivity contribution in [2.45, 2.75) is 20.3 Å². The second-order valence-electron chi connectivity index (χ2n) is 2.51. The minimum Gasteiger partial charge on any atom is -0.307 e. The molecule has 0 atom stereocenters. The van der Waals surface area contributed by atoms with E-state index in [1.165, 1.54) is 5.57 Å². The van der Waals surface area contributed by atoms with Crippen LogP contribution < -0.4 is 0 Å². The van der Waals surface area contributed by atoms with Gasteiger partial charge in [-0.05, 0) is 18.9 Å². The smallest absolute Gasteiger partial charge is 0.139 e. The van der Waals surface area contributed by atoms with E-state index in [0.717, 1.165) is 12.2 Å². The summed E-state index contributed by atoms with van der Waals surface area (Å²) in [6.45, 7) is 7.86. The Labute approximate surface area is 73.2 Å². The molecule has 0 aliphatic carbocycles. The lowest BCUT2D eigenvalue weighted by molar-refractivity contribution is 1.05. The van der Waals surface area contributed by atoms with Gasteiger partial charge in [0.1, 0.15) is 5.82 Å². The molecular formula is C10H14N2. The third-order valence-corrected chi connectivity index (χ3v) is 1.88. The van der Waals surface area contributed by atoms with Crippen molar-refractivity contribution in [2.24, 2.45) is 0 Å². The van der Waals surface area contributed by atoms with Gasteiger partial charge in [0.25, 0.3) is 0 Å². The number of aromatic nitrogens is 2. The average Bonchev–Trinajstić information content (AvgIpc) is 2.55. The van der Waals surface area contributed by atoms with E-state index in [-0.39, 0.29) is 0 Å². The molecule has 1 aromatic rings. The summed E-state index contributed by atoms with van der Waals surface area (Å²) in [5.41, 5.74) is 1.25. The molecule has 2 nitrogen and oxygen atoms in total. The maximum atomic E-state index is 4.25. The first-order valence-corrected chi connectivity index (χ1v) is 4.14. The lowest BCUT2D eigenvalue weighted by atomic mass is 10.2. The molecule has 0 spiro atoms. The fraction of sp³-hybridized carbons (Fsp3) is 0.300. The Hall–Kier alpha value is -1.31. The fourth-order valence-electron chi connectivity index (χ4n) is 1.20. The van der Waals surface area contributed by atoms with E-state index in [4.69, 9.17) is 0 Å². The first-order chi connectivity index (χ1) is 5.83. The molecule has 0 fully saturated rings. The third-order valence-electron chi connectivity index (χ3n) is 1.88. The largest absolute Gasteiger partial charge is 0.307 e. The topological polar surface area (TPSA) is 17.8 Å². The minimum atomic E-state index is 0.995. The molecule has 0 radical (unpaired) electrons. The van der Waals surface area contributed by atoms with Crippen LogP contribution >= 0.6 is 0 Å². The first-order valence-electron chi connectivity index (χ1n) is 4.14. The van der Waals surface area contributed by atoms with Crippen LogP contribution in [0.2, 0.25) is 0 Å². The zero-order valence-electron chi connectivity index (χ0n) is 7.62. The molecular weight excluding hydrogens is 148 g/mol. The van der Waals surface area contributed by atoms with Crippen molar-refractivity contribution in [1.82, 2.24) is 9.55 Å². The number of nitrogens with zero attached hydrogens (tertiary/aromatic N) is 2. The summed E-state index contributed by atoms with van der Waals surface area (Å²) in [4.78, 5) is 4.25. The highest BCUT2D eigenvalue weighted by Crippen LogP contribution is 2.15. The number of hydrogen-bond donors (Lipinski definition) is 0. The van der Waals surface area contributed by atoms with Gasteiger partial charge in [0.15, 0.2) is 0 Å². The van der Waals surface area contributed by atoms with Crippen molar-refractivity contribution in [3.63, 3.8) is 0 Å². The maximum Gasteiger partial charge on any atom is 0.139 e. The van der Waals surface area contributed by atoms with Gasteiger partial charge >= 0.3 is 0 Å². The van der Waals surface area contributed by atoms with Crippen LogP contribution in [0.25, 0.3) is 11.8 Å². The van der Waals surface area contributed by atoms with Crippen molar-refractivity contribution >= 4 is 11.8 Å². The van der Waals surface area contributed by atoms with Crippen molar-refractivity contribution in [2.75, 3.05) is 0 Å². The van der Waals surface area contributed by atoms with Crippen LogP contribution in [0.3, 0.4) is 0 Å². The van der Waals surface area contributed by atoms with Gasteiger partial charge in [-0.2, -0.15) is 0 Å². The second-order valence-corrected chi connectivity index (χ2v) is 2.51. The van der Waals surface area contributed by atoms with E-state index in [1.54, 1.807) is 12.4 Å². The molecule has 0 bridgehead atoms. The van der Waals surface area contributed by atoms with E-state index in [1.807, 2.05) is 17.7 Å². The number of imidazole rings is 1. The van der Waals surface area contributed by atoms with Crippen LogP contribution in [-0.4, -0.2) is 9.55 Å². The Balaban J connectivity index is 3.08. The molecule has 1 rings (SSSR count). The molecule has 0 saturated heterocycles. The van der Waals surface area contributed by atoms with E-state index in [0.29, 0.717) is 0 Å². The van der Waals surface area contributed by atoms with Crippen LogP contribution in [0, 0.1) is 0 Å². The van der Waals surface area contributed by atoms with Gasteiger partial charge in [-0.15, -0.1) is 0 Å². The minimum absolute atomic E-state index is 0.995. The summed E-state index contributed by atoms with van der Waals surface area (Å²) in [5.74, 6) is 0.995. The Morgan fingerprint density at radius 1 is 1.75 bits per heavy atom. The summed E-state index contributed by atoms with van der Waals surface area (Å²) in [7, 11) is 0. The van der Waals surface area contributed by atoms with Crippen LogP contribution in [0.1, 0.15) is 26.1 Å². The van der Waals surface area contributed by atoms with E-state index in [9.17, 15) is 0 Å². The highest BCUT2D eigenvalue weighted by molar-refractivity contribution is 5.61. The van der Waals surface area contributed by atoms with Crippen LogP contribution in [0.5, 0.6) is 0 Å². The Morgan fingerprint density at radius 2 is 2.50 bits per heavy atom. The quantitative estimate of drug-likeness (QED) is 0.668. The maximum absolute atomic E-state index is 4.25. The lowest BCUT2D eigenvalue weighted by Gasteiger charge is -2.03. The SMILES string of the molecule is C=Cn1ccnc1/C(=C\C)CC. The van der Waals surface area contributed by atoms with Gasteiger partial charge in [0.05, 0.1) is 0 Å². The average molecular weight is 162 g/mol. The molecule has 0 aliphatic rings. The molecule has 0 aromatic carbocycles. The summed E-state index contributed by atoms with van der Waals surface area (Å²) in [6, 6.07) is 0. The highest BCUT2D eigenvalue weighted by Gasteiger charge is 2.02. The summed E-state index contributed by atoms with van der Waals surface area (Å²) in [5, 5.41) is 0. The zero-order valence-corrected chi connectivity index (χ0v) is 7.62. The second kappa shape index (κ2) is 3.90. The monoisotopic (exact) mass is 162 g/mol. The Bertz CT molecular complexity index is 295. The molecule has 0 aliphatic heterocycles. The fourth-order valence-corrected chi connectivity index (χ4v) is 1.20. The summed E-state index contributed by atoms with van der Waals surface area (Å²) >= 11 is 0. The summed E-state index contributed by atoms with van der Waals surface area (Å²) < 4.78 is 1.93. The van der Waals surface area contributed by atoms with Gasteiger partial charge in [-0.3, -0.25) is 0 Å². The molecule has 0 N–H and O–H groups in total. The molecule has 0 saturated carbocycles. The van der Waals surface area contributed by atoms with Crippen LogP contribution in [0.15, 0.2) is 25.0 Å². The normalized spacial score (nSPS) is 11.7. The number of allylic oxidation sites excluding steroid dienone is 2. The molecule has 0 unspecified atom stereocenters. The van der Waals surface area contributed by atoms with Crippen molar-refractivity contribution in [1.29, 1.82) is 0 Å².